The fourth-order valence-corrected chi connectivity index (χ4v) is 4.46. The second-order valence-corrected chi connectivity index (χ2v) is 8.51. The summed E-state index contributed by atoms with van der Waals surface area (Å²) in [5.41, 5.74) is 3.02. The first-order valence-corrected chi connectivity index (χ1v) is 10.2. The van der Waals surface area contributed by atoms with Crippen molar-refractivity contribution in [3.8, 4) is 11.5 Å². The highest BCUT2D eigenvalue weighted by Crippen LogP contribution is 2.53. The molecule has 0 saturated carbocycles. The zero-order valence-electron chi connectivity index (χ0n) is 17.2. The molecule has 5 nitrogen and oxygen atoms in total. The van der Waals surface area contributed by atoms with Crippen LogP contribution in [0.25, 0.3) is 0 Å². The Bertz CT molecular complexity index is 805. The Hall–Kier alpha value is -2.30. The third-order valence-electron chi connectivity index (χ3n) is 5.82. The second-order valence-electron chi connectivity index (χ2n) is 8.51. The average Bonchev–Trinajstić information content (AvgIpc) is 2.59. The van der Waals surface area contributed by atoms with E-state index in [2.05, 4.69) is 39.8 Å². The van der Waals surface area contributed by atoms with Gasteiger partial charge in [0, 0.05) is 17.4 Å². The van der Waals surface area contributed by atoms with E-state index in [9.17, 15) is 9.59 Å². The van der Waals surface area contributed by atoms with Gasteiger partial charge < -0.3 is 14.6 Å². The van der Waals surface area contributed by atoms with Crippen LogP contribution in [0, 0.1) is 5.92 Å². The lowest BCUT2D eigenvalue weighted by molar-refractivity contribution is -0.142. The summed E-state index contributed by atoms with van der Waals surface area (Å²) >= 11 is 0. The molecule has 1 aliphatic heterocycles. The molecule has 1 N–H and O–H groups in total. The molecule has 0 amide bonds. The van der Waals surface area contributed by atoms with Crippen LogP contribution in [0.1, 0.15) is 76.8 Å². The number of carbonyl (C=O) groups is 2. The number of esters is 1. The largest absolute Gasteiger partial charge is 0.487 e. The number of aryl methyl sites for hydroxylation is 1. The van der Waals surface area contributed by atoms with Crippen LogP contribution in [0.2, 0.25) is 0 Å². The lowest BCUT2D eigenvalue weighted by atomic mass is 9.68. The Morgan fingerprint density at radius 2 is 2.04 bits per heavy atom. The lowest BCUT2D eigenvalue weighted by Crippen LogP contribution is -2.45. The van der Waals surface area contributed by atoms with Crippen LogP contribution < -0.4 is 9.47 Å². The average molecular weight is 386 g/mol. The Morgan fingerprint density at radius 3 is 2.71 bits per heavy atom. The van der Waals surface area contributed by atoms with E-state index in [-0.39, 0.29) is 24.4 Å². The molecule has 0 saturated heterocycles. The van der Waals surface area contributed by atoms with Gasteiger partial charge in [0.1, 0.15) is 17.1 Å². The van der Waals surface area contributed by atoms with Gasteiger partial charge >= 0.3 is 11.9 Å². The molecule has 0 aromatic heterocycles. The fraction of sp³-hybridized carbons (Fsp3) is 0.565. The van der Waals surface area contributed by atoms with E-state index in [1.807, 2.05) is 6.07 Å². The minimum absolute atomic E-state index is 0.130. The Morgan fingerprint density at radius 1 is 1.29 bits per heavy atom. The summed E-state index contributed by atoms with van der Waals surface area (Å²) in [6, 6.07) is 4.00. The molecule has 2 atom stereocenters. The topological polar surface area (TPSA) is 72.8 Å². The van der Waals surface area contributed by atoms with Crippen molar-refractivity contribution in [2.75, 3.05) is 0 Å². The van der Waals surface area contributed by atoms with Crippen molar-refractivity contribution < 1.29 is 24.2 Å². The maximum Gasteiger partial charge on any atom is 0.311 e. The van der Waals surface area contributed by atoms with E-state index >= 15 is 0 Å². The Labute approximate surface area is 166 Å². The predicted octanol–water partition coefficient (Wildman–Crippen LogP) is 5.02. The maximum atomic E-state index is 12.3. The van der Waals surface area contributed by atoms with Crippen molar-refractivity contribution in [3.05, 3.63) is 34.9 Å². The van der Waals surface area contributed by atoms with Crippen LogP contribution in [0.4, 0.5) is 0 Å². The van der Waals surface area contributed by atoms with Crippen molar-refractivity contribution in [2.45, 2.75) is 77.7 Å². The zero-order chi connectivity index (χ0) is 20.5. The smallest absolute Gasteiger partial charge is 0.311 e. The Balaban J connectivity index is 2.04. The molecule has 1 heterocycles. The van der Waals surface area contributed by atoms with E-state index in [1.54, 1.807) is 0 Å². The summed E-state index contributed by atoms with van der Waals surface area (Å²) in [6.45, 7) is 8.51. The third kappa shape index (κ3) is 4.23. The first kappa shape index (κ1) is 20.4. The molecule has 0 fully saturated rings. The molecular formula is C23H30O5. The van der Waals surface area contributed by atoms with Crippen molar-refractivity contribution in [1.29, 1.82) is 0 Å². The van der Waals surface area contributed by atoms with Crippen LogP contribution in [0.15, 0.2) is 23.8 Å². The van der Waals surface area contributed by atoms with Crippen molar-refractivity contribution in [2.24, 2.45) is 5.92 Å². The van der Waals surface area contributed by atoms with Gasteiger partial charge in [0.05, 0.1) is 12.8 Å². The number of benzene rings is 1. The standard InChI is InChI=1S/C23H30O5/c1-5-6-15-12-18(27-21(26)10-9-20(24)25)22-16-11-14(2)7-8-17(16)23(3,4)28-19(22)13-15/h11-13,16-17H,5-10H2,1-4H3,(H,24,25). The molecule has 2 aliphatic rings. The van der Waals surface area contributed by atoms with Gasteiger partial charge in [-0.25, -0.2) is 0 Å². The molecule has 1 aromatic carbocycles. The van der Waals surface area contributed by atoms with E-state index in [4.69, 9.17) is 14.6 Å². The van der Waals surface area contributed by atoms with Gasteiger partial charge in [0.25, 0.3) is 0 Å². The molecule has 1 aliphatic carbocycles. The minimum atomic E-state index is -1.00. The van der Waals surface area contributed by atoms with E-state index in [1.165, 1.54) is 5.57 Å². The fourth-order valence-electron chi connectivity index (χ4n) is 4.46. The molecule has 5 heteroatoms. The predicted molar refractivity (Wildman–Crippen MR) is 107 cm³/mol. The van der Waals surface area contributed by atoms with Gasteiger partial charge in [-0.15, -0.1) is 0 Å². The van der Waals surface area contributed by atoms with E-state index < -0.39 is 11.9 Å². The number of carbonyl (C=O) groups excluding carboxylic acids is 1. The molecule has 0 bridgehead atoms. The molecule has 3 rings (SSSR count). The van der Waals surface area contributed by atoms with Crippen LogP contribution in [0.3, 0.4) is 0 Å². The minimum Gasteiger partial charge on any atom is -0.487 e. The summed E-state index contributed by atoms with van der Waals surface area (Å²) < 4.78 is 12.1. The highest BCUT2D eigenvalue weighted by atomic mass is 16.5. The number of ether oxygens (including phenoxy) is 2. The number of fused-ring (bicyclic) bond motifs is 3. The first-order valence-electron chi connectivity index (χ1n) is 10.2. The number of allylic oxidation sites excluding steroid dienone is 2. The zero-order valence-corrected chi connectivity index (χ0v) is 17.2. The molecule has 0 radical (unpaired) electrons. The number of rotatable bonds is 6. The van der Waals surface area contributed by atoms with Crippen LogP contribution in [0.5, 0.6) is 11.5 Å². The molecule has 1 aromatic rings. The maximum absolute atomic E-state index is 12.3. The summed E-state index contributed by atoms with van der Waals surface area (Å²) in [5, 5.41) is 8.84. The van der Waals surface area contributed by atoms with E-state index in [0.29, 0.717) is 11.7 Å². The van der Waals surface area contributed by atoms with E-state index in [0.717, 1.165) is 42.6 Å². The summed E-state index contributed by atoms with van der Waals surface area (Å²) in [5.74, 6) is 0.213. The number of hydrogen-bond acceptors (Lipinski definition) is 4. The normalized spacial score (nSPS) is 22.4. The number of carboxylic acid groups (broad SMARTS) is 1. The van der Waals surface area contributed by atoms with Gasteiger partial charge in [-0.1, -0.05) is 25.0 Å². The van der Waals surface area contributed by atoms with Crippen molar-refractivity contribution in [3.63, 3.8) is 0 Å². The SMILES string of the molecule is CCCc1cc(OC(=O)CCC(=O)O)c2c(c1)OC(C)(C)C1CCC(C)=CC21. The molecular weight excluding hydrogens is 356 g/mol. The highest BCUT2D eigenvalue weighted by molar-refractivity contribution is 5.78. The number of aliphatic carboxylic acids is 1. The van der Waals surface area contributed by atoms with Gasteiger partial charge in [-0.3, -0.25) is 9.59 Å². The molecule has 2 unspecified atom stereocenters. The lowest BCUT2D eigenvalue weighted by Gasteiger charge is -2.46. The number of carboxylic acids is 1. The first-order chi connectivity index (χ1) is 13.2. The van der Waals surface area contributed by atoms with Crippen LogP contribution in [-0.4, -0.2) is 22.6 Å². The summed E-state index contributed by atoms with van der Waals surface area (Å²) in [7, 11) is 0. The molecule has 0 spiro atoms. The number of hydrogen-bond donors (Lipinski definition) is 1. The monoisotopic (exact) mass is 386 g/mol. The second kappa shape index (κ2) is 7.98. The summed E-state index contributed by atoms with van der Waals surface area (Å²) in [4.78, 5) is 23.1. The quantitative estimate of drug-likeness (QED) is 0.422. The summed E-state index contributed by atoms with van der Waals surface area (Å²) in [6.07, 6.45) is 5.82. The third-order valence-corrected chi connectivity index (χ3v) is 5.82. The van der Waals surface area contributed by atoms with Crippen LogP contribution in [-0.2, 0) is 16.0 Å². The molecule has 28 heavy (non-hydrogen) atoms. The van der Waals surface area contributed by atoms with Crippen molar-refractivity contribution >= 4 is 11.9 Å². The van der Waals surface area contributed by atoms with Crippen LogP contribution >= 0.6 is 0 Å². The molecule has 152 valence electrons. The van der Waals surface area contributed by atoms with Gasteiger partial charge in [-0.05, 0) is 57.7 Å². The van der Waals surface area contributed by atoms with Gasteiger partial charge in [-0.2, -0.15) is 0 Å². The van der Waals surface area contributed by atoms with Crippen molar-refractivity contribution in [1.82, 2.24) is 0 Å². The van der Waals surface area contributed by atoms with Gasteiger partial charge in [0.15, 0.2) is 0 Å². The Kier molecular flexibility index (Phi) is 5.82. The highest BCUT2D eigenvalue weighted by Gasteiger charge is 2.45. The van der Waals surface area contributed by atoms with Gasteiger partial charge in [0.2, 0.25) is 0 Å².